The number of fused-ring (bicyclic) bond motifs is 1. The zero-order valence-corrected chi connectivity index (χ0v) is 19.9. The molecule has 9 heteroatoms. The summed E-state index contributed by atoms with van der Waals surface area (Å²) >= 11 is 1.54. The fourth-order valence-electron chi connectivity index (χ4n) is 4.25. The first-order chi connectivity index (χ1) is 17.0. The van der Waals surface area contributed by atoms with Crippen molar-refractivity contribution in [2.75, 3.05) is 18.6 Å². The van der Waals surface area contributed by atoms with Crippen LogP contribution in [0.3, 0.4) is 0 Å². The summed E-state index contributed by atoms with van der Waals surface area (Å²) in [6.45, 7) is -0.00228. The Hall–Kier alpha value is -4.11. The summed E-state index contributed by atoms with van der Waals surface area (Å²) < 4.78 is 5.22. The summed E-state index contributed by atoms with van der Waals surface area (Å²) in [7, 11) is 1.58. The van der Waals surface area contributed by atoms with E-state index in [1.165, 1.54) is 11.3 Å². The first-order valence-electron chi connectivity index (χ1n) is 11.2. The smallest absolute Gasteiger partial charge is 0.325 e. The minimum atomic E-state index is -0.721. The van der Waals surface area contributed by atoms with Gasteiger partial charge in [0.05, 0.1) is 13.7 Å². The van der Waals surface area contributed by atoms with E-state index < -0.39 is 18.0 Å². The minimum Gasteiger partial charge on any atom is -0.497 e. The zero-order valence-electron chi connectivity index (χ0n) is 19.1. The summed E-state index contributed by atoms with van der Waals surface area (Å²) in [5.41, 5.74) is 2.56. The number of H-pyrrole nitrogens is 1. The van der Waals surface area contributed by atoms with Gasteiger partial charge in [0.1, 0.15) is 18.3 Å². The molecule has 0 bridgehead atoms. The van der Waals surface area contributed by atoms with E-state index in [-0.39, 0.29) is 12.5 Å². The second kappa shape index (κ2) is 9.63. The third-order valence-corrected chi connectivity index (χ3v) is 6.94. The molecule has 1 saturated heterocycles. The number of amides is 4. The highest BCUT2D eigenvalue weighted by Crippen LogP contribution is 2.24. The molecule has 1 fully saturated rings. The Labute approximate surface area is 206 Å². The standard InChI is InChI=1S/C26H24N4O4S/c1-34-19-10-8-18(9-11-19)29(15-20-5-4-12-35-20)24(31)16-30-25(32)23(28-26(30)33)13-17-14-27-22-7-3-2-6-21(17)22/h2-12,14,23,27H,13,15-16H2,1H3,(H,28,33). The zero-order chi connectivity index (χ0) is 24.4. The number of carbonyl (C=O) groups is 3. The van der Waals surface area contributed by atoms with E-state index in [0.29, 0.717) is 24.4 Å². The van der Waals surface area contributed by atoms with Crippen molar-refractivity contribution in [1.82, 2.24) is 15.2 Å². The highest BCUT2D eigenvalue weighted by Gasteiger charge is 2.40. The highest BCUT2D eigenvalue weighted by molar-refractivity contribution is 7.09. The van der Waals surface area contributed by atoms with E-state index in [9.17, 15) is 14.4 Å². The highest BCUT2D eigenvalue weighted by atomic mass is 32.1. The van der Waals surface area contributed by atoms with Crippen LogP contribution in [0.25, 0.3) is 10.9 Å². The number of nitrogens with zero attached hydrogens (tertiary/aromatic N) is 2. The van der Waals surface area contributed by atoms with Crippen molar-refractivity contribution in [3.63, 3.8) is 0 Å². The normalized spacial score (nSPS) is 15.5. The number of imide groups is 1. The van der Waals surface area contributed by atoms with E-state index in [0.717, 1.165) is 26.2 Å². The van der Waals surface area contributed by atoms with Crippen LogP contribution in [0.4, 0.5) is 10.5 Å². The number of nitrogens with one attached hydrogen (secondary N) is 2. The third-order valence-electron chi connectivity index (χ3n) is 6.08. The number of para-hydroxylation sites is 1. The van der Waals surface area contributed by atoms with Gasteiger partial charge in [0.2, 0.25) is 5.91 Å². The molecule has 2 aromatic heterocycles. The molecule has 2 N–H and O–H groups in total. The molecule has 4 aromatic rings. The summed E-state index contributed by atoms with van der Waals surface area (Å²) in [5.74, 6) is -0.0780. The number of aromatic amines is 1. The first kappa shape index (κ1) is 22.7. The van der Waals surface area contributed by atoms with Gasteiger partial charge in [0.15, 0.2) is 0 Å². The van der Waals surface area contributed by atoms with Crippen LogP contribution in [0.5, 0.6) is 5.75 Å². The number of aromatic nitrogens is 1. The summed E-state index contributed by atoms with van der Waals surface area (Å²) in [4.78, 5) is 46.0. The minimum absolute atomic E-state index is 0.339. The van der Waals surface area contributed by atoms with E-state index in [1.54, 1.807) is 36.3 Å². The molecule has 1 atom stereocenters. The van der Waals surface area contributed by atoms with E-state index in [4.69, 9.17) is 4.74 Å². The Morgan fingerprint density at radius 3 is 2.63 bits per heavy atom. The molecule has 0 spiro atoms. The number of ether oxygens (including phenoxy) is 1. The van der Waals surface area contributed by atoms with Crippen molar-refractivity contribution in [3.05, 3.63) is 82.7 Å². The van der Waals surface area contributed by atoms with E-state index >= 15 is 0 Å². The van der Waals surface area contributed by atoms with Crippen molar-refractivity contribution in [1.29, 1.82) is 0 Å². The Bertz CT molecular complexity index is 1360. The quantitative estimate of drug-likeness (QED) is 0.368. The molecule has 0 saturated carbocycles. The van der Waals surface area contributed by atoms with Gasteiger partial charge in [-0.1, -0.05) is 24.3 Å². The van der Waals surface area contributed by atoms with Crippen molar-refractivity contribution < 1.29 is 19.1 Å². The van der Waals surface area contributed by atoms with Gasteiger partial charge in [-0.05, 0) is 47.3 Å². The topological polar surface area (TPSA) is 94.7 Å². The molecule has 0 radical (unpaired) electrons. The van der Waals surface area contributed by atoms with Gasteiger partial charge >= 0.3 is 6.03 Å². The molecular weight excluding hydrogens is 464 g/mol. The second-order valence-electron chi connectivity index (χ2n) is 8.25. The number of rotatable bonds is 8. The van der Waals surface area contributed by atoms with Gasteiger partial charge in [0, 0.05) is 34.1 Å². The molecule has 35 heavy (non-hydrogen) atoms. The lowest BCUT2D eigenvalue weighted by molar-refractivity contribution is -0.131. The number of benzene rings is 2. The molecule has 1 aliphatic rings. The molecular formula is C26H24N4O4S. The van der Waals surface area contributed by atoms with Crippen LogP contribution in [-0.2, 0) is 22.6 Å². The second-order valence-corrected chi connectivity index (χ2v) is 9.28. The molecule has 4 amide bonds. The Balaban J connectivity index is 1.33. The third kappa shape index (κ3) is 4.63. The molecule has 1 unspecified atom stereocenters. The molecule has 3 heterocycles. The van der Waals surface area contributed by atoms with Crippen LogP contribution in [-0.4, -0.2) is 47.4 Å². The number of carbonyl (C=O) groups excluding carboxylic acids is 3. The molecule has 2 aromatic carbocycles. The van der Waals surface area contributed by atoms with Gasteiger partial charge in [-0.25, -0.2) is 4.79 Å². The van der Waals surface area contributed by atoms with Crippen LogP contribution >= 0.6 is 11.3 Å². The van der Waals surface area contributed by atoms with E-state index in [1.807, 2.05) is 48.0 Å². The predicted octanol–water partition coefficient (Wildman–Crippen LogP) is 3.93. The molecule has 0 aliphatic carbocycles. The summed E-state index contributed by atoms with van der Waals surface area (Å²) in [5, 5.41) is 5.69. The maximum absolute atomic E-state index is 13.4. The predicted molar refractivity (Wildman–Crippen MR) is 135 cm³/mol. The number of thiophene rings is 1. The van der Waals surface area contributed by atoms with Crippen molar-refractivity contribution >= 4 is 45.8 Å². The molecule has 5 rings (SSSR count). The maximum Gasteiger partial charge on any atom is 0.325 e. The average molecular weight is 489 g/mol. The summed E-state index contributed by atoms with van der Waals surface area (Å²) in [6, 6.07) is 17.5. The van der Waals surface area contributed by atoms with Crippen molar-refractivity contribution in [2.45, 2.75) is 19.0 Å². The maximum atomic E-state index is 13.4. The van der Waals surface area contributed by atoms with E-state index in [2.05, 4.69) is 10.3 Å². The van der Waals surface area contributed by atoms with Crippen LogP contribution in [0.2, 0.25) is 0 Å². The molecule has 1 aliphatic heterocycles. The fourth-order valence-corrected chi connectivity index (χ4v) is 4.94. The number of urea groups is 1. The SMILES string of the molecule is COc1ccc(N(Cc2cccs2)C(=O)CN2C(=O)NC(Cc3c[nH]c4ccccc34)C2=O)cc1. The Morgan fingerprint density at radius 2 is 1.89 bits per heavy atom. The average Bonchev–Trinajstić information content (AvgIpc) is 3.60. The van der Waals surface area contributed by atoms with Gasteiger partial charge < -0.3 is 19.9 Å². The number of methoxy groups -OCH3 is 1. The van der Waals surface area contributed by atoms with Gasteiger partial charge in [-0.2, -0.15) is 0 Å². The largest absolute Gasteiger partial charge is 0.497 e. The van der Waals surface area contributed by atoms with Crippen LogP contribution in [0, 0.1) is 0 Å². The van der Waals surface area contributed by atoms with Gasteiger partial charge in [-0.15, -0.1) is 11.3 Å². The number of hydrogen-bond donors (Lipinski definition) is 2. The monoisotopic (exact) mass is 488 g/mol. The lowest BCUT2D eigenvalue weighted by atomic mass is 10.1. The van der Waals surface area contributed by atoms with Crippen LogP contribution in [0.1, 0.15) is 10.4 Å². The van der Waals surface area contributed by atoms with Crippen molar-refractivity contribution in [3.8, 4) is 5.75 Å². The molecule has 178 valence electrons. The van der Waals surface area contributed by atoms with Gasteiger partial charge in [-0.3, -0.25) is 14.5 Å². The first-order valence-corrected chi connectivity index (χ1v) is 12.0. The lowest BCUT2D eigenvalue weighted by Crippen LogP contribution is -2.43. The summed E-state index contributed by atoms with van der Waals surface area (Å²) in [6.07, 6.45) is 2.20. The van der Waals surface area contributed by atoms with Gasteiger partial charge in [0.25, 0.3) is 5.91 Å². The van der Waals surface area contributed by atoms with Crippen LogP contribution in [0.15, 0.2) is 72.2 Å². The van der Waals surface area contributed by atoms with Crippen LogP contribution < -0.4 is 15.0 Å². The number of hydrogen-bond acceptors (Lipinski definition) is 5. The Kier molecular flexibility index (Phi) is 6.24. The molecule has 8 nitrogen and oxygen atoms in total. The Morgan fingerprint density at radius 1 is 1.09 bits per heavy atom. The lowest BCUT2D eigenvalue weighted by Gasteiger charge is -2.24. The van der Waals surface area contributed by atoms with Crippen molar-refractivity contribution in [2.24, 2.45) is 0 Å². The fraction of sp³-hybridized carbons (Fsp3) is 0.192. The number of anilines is 1.